The normalized spacial score (nSPS) is 10.9. The van der Waals surface area contributed by atoms with Gasteiger partial charge in [0.25, 0.3) is 5.69 Å². The summed E-state index contributed by atoms with van der Waals surface area (Å²) in [5.41, 5.74) is 2.25. The molecule has 0 aliphatic rings. The van der Waals surface area contributed by atoms with Gasteiger partial charge in [-0.2, -0.15) is 0 Å². The minimum absolute atomic E-state index is 0.0372. The molecular formula is C15H13N3O3. The molecule has 0 bridgehead atoms. The topological polar surface area (TPSA) is 81.2 Å². The van der Waals surface area contributed by atoms with Gasteiger partial charge in [-0.05, 0) is 25.1 Å². The van der Waals surface area contributed by atoms with Crippen LogP contribution in [-0.4, -0.2) is 19.6 Å². The first-order valence-electron chi connectivity index (χ1n) is 6.44. The first-order valence-corrected chi connectivity index (χ1v) is 6.44. The number of aromatic nitrogens is 2. The molecule has 0 radical (unpaired) electrons. The van der Waals surface area contributed by atoms with Gasteiger partial charge in [-0.25, -0.2) is 4.98 Å². The molecule has 2 aromatic carbocycles. The Hall–Kier alpha value is -2.89. The van der Waals surface area contributed by atoms with E-state index in [2.05, 4.69) is 4.98 Å². The largest absolute Gasteiger partial charge is 0.508 e. The van der Waals surface area contributed by atoms with Crippen LogP contribution in [0.2, 0.25) is 0 Å². The number of phenols is 1. The highest BCUT2D eigenvalue weighted by Crippen LogP contribution is 2.26. The molecule has 0 atom stereocenters. The summed E-state index contributed by atoms with van der Waals surface area (Å²) in [7, 11) is 0. The Morgan fingerprint density at radius 1 is 1.29 bits per heavy atom. The summed E-state index contributed by atoms with van der Waals surface area (Å²) in [4.78, 5) is 14.8. The van der Waals surface area contributed by atoms with Crippen LogP contribution in [0.1, 0.15) is 11.4 Å². The van der Waals surface area contributed by atoms with Crippen molar-refractivity contribution in [2.75, 3.05) is 0 Å². The Morgan fingerprint density at radius 3 is 2.81 bits per heavy atom. The zero-order chi connectivity index (χ0) is 15.0. The summed E-state index contributed by atoms with van der Waals surface area (Å²) in [5, 5.41) is 20.8. The van der Waals surface area contributed by atoms with E-state index >= 15 is 0 Å². The number of phenolic OH excluding ortho intramolecular Hbond substituents is 1. The Morgan fingerprint density at radius 2 is 2.05 bits per heavy atom. The van der Waals surface area contributed by atoms with E-state index in [0.29, 0.717) is 12.1 Å². The molecule has 106 valence electrons. The minimum atomic E-state index is -0.470. The van der Waals surface area contributed by atoms with E-state index in [-0.39, 0.29) is 11.4 Å². The molecule has 1 heterocycles. The summed E-state index contributed by atoms with van der Waals surface area (Å²) in [6, 6.07) is 11.7. The first kappa shape index (κ1) is 13.1. The number of aromatic hydroxyl groups is 1. The van der Waals surface area contributed by atoms with E-state index in [1.54, 1.807) is 0 Å². The highest BCUT2D eigenvalue weighted by atomic mass is 16.6. The highest BCUT2D eigenvalue weighted by Gasteiger charge is 2.13. The summed E-state index contributed by atoms with van der Waals surface area (Å²) in [6.45, 7) is 2.20. The molecule has 0 amide bonds. The number of imidazole rings is 1. The number of hydrogen-bond acceptors (Lipinski definition) is 4. The SMILES string of the molecule is Cc1nc2ccccc2n1Cc1cc([N+](=O)[O-])ccc1O. The van der Waals surface area contributed by atoms with E-state index < -0.39 is 4.92 Å². The fourth-order valence-corrected chi connectivity index (χ4v) is 2.38. The molecule has 0 saturated carbocycles. The van der Waals surface area contributed by atoms with Crippen molar-refractivity contribution in [3.05, 3.63) is 64.0 Å². The quantitative estimate of drug-likeness (QED) is 0.591. The third-order valence-electron chi connectivity index (χ3n) is 3.45. The van der Waals surface area contributed by atoms with Gasteiger partial charge in [-0.3, -0.25) is 10.1 Å². The number of rotatable bonds is 3. The van der Waals surface area contributed by atoms with Crippen LogP contribution in [0.15, 0.2) is 42.5 Å². The number of para-hydroxylation sites is 2. The first-order chi connectivity index (χ1) is 10.1. The fourth-order valence-electron chi connectivity index (χ4n) is 2.38. The Labute approximate surface area is 120 Å². The predicted octanol–water partition coefficient (Wildman–Crippen LogP) is 3.01. The van der Waals surface area contributed by atoms with Gasteiger partial charge >= 0.3 is 0 Å². The lowest BCUT2D eigenvalue weighted by atomic mass is 10.1. The molecule has 1 N–H and O–H groups in total. The van der Waals surface area contributed by atoms with Crippen molar-refractivity contribution in [3.63, 3.8) is 0 Å². The summed E-state index contributed by atoms with van der Waals surface area (Å²) < 4.78 is 1.92. The second-order valence-corrected chi connectivity index (χ2v) is 4.80. The molecule has 0 fully saturated rings. The van der Waals surface area contributed by atoms with Gasteiger partial charge in [0.2, 0.25) is 0 Å². The molecule has 0 unspecified atom stereocenters. The zero-order valence-electron chi connectivity index (χ0n) is 11.4. The Kier molecular flexibility index (Phi) is 3.06. The fraction of sp³-hybridized carbons (Fsp3) is 0.133. The Bertz CT molecular complexity index is 839. The molecular weight excluding hydrogens is 270 g/mol. The molecule has 0 aliphatic heterocycles. The minimum Gasteiger partial charge on any atom is -0.508 e. The van der Waals surface area contributed by atoms with Crippen molar-refractivity contribution in [3.8, 4) is 5.75 Å². The highest BCUT2D eigenvalue weighted by molar-refractivity contribution is 5.76. The molecule has 3 rings (SSSR count). The van der Waals surface area contributed by atoms with Crippen LogP contribution in [0, 0.1) is 17.0 Å². The van der Waals surface area contributed by atoms with Crippen molar-refractivity contribution in [1.29, 1.82) is 0 Å². The predicted molar refractivity (Wildman–Crippen MR) is 78.3 cm³/mol. The van der Waals surface area contributed by atoms with Crippen LogP contribution in [0.5, 0.6) is 5.75 Å². The van der Waals surface area contributed by atoms with Crippen LogP contribution < -0.4 is 0 Å². The number of hydrogen-bond donors (Lipinski definition) is 1. The molecule has 3 aromatic rings. The van der Waals surface area contributed by atoms with Crippen molar-refractivity contribution in [2.24, 2.45) is 0 Å². The lowest BCUT2D eigenvalue weighted by Crippen LogP contribution is -2.03. The van der Waals surface area contributed by atoms with Gasteiger partial charge < -0.3 is 9.67 Å². The molecule has 0 spiro atoms. The molecule has 6 nitrogen and oxygen atoms in total. The van der Waals surface area contributed by atoms with Crippen LogP contribution in [0.3, 0.4) is 0 Å². The number of aryl methyl sites for hydroxylation is 1. The summed E-state index contributed by atoms with van der Waals surface area (Å²) >= 11 is 0. The van der Waals surface area contributed by atoms with Gasteiger partial charge in [0.15, 0.2) is 0 Å². The van der Waals surface area contributed by atoms with Gasteiger partial charge in [0.05, 0.1) is 22.5 Å². The van der Waals surface area contributed by atoms with E-state index in [1.807, 2.05) is 35.8 Å². The third kappa shape index (κ3) is 2.31. The average molecular weight is 283 g/mol. The van der Waals surface area contributed by atoms with Crippen molar-refractivity contribution < 1.29 is 10.0 Å². The monoisotopic (exact) mass is 283 g/mol. The van der Waals surface area contributed by atoms with Crippen LogP contribution >= 0.6 is 0 Å². The summed E-state index contributed by atoms with van der Waals surface area (Å²) in [6.07, 6.45) is 0. The maximum absolute atomic E-state index is 10.9. The van der Waals surface area contributed by atoms with Crippen LogP contribution in [0.4, 0.5) is 5.69 Å². The zero-order valence-corrected chi connectivity index (χ0v) is 11.4. The lowest BCUT2D eigenvalue weighted by Gasteiger charge is -2.08. The molecule has 0 aliphatic carbocycles. The number of nitro groups is 1. The summed E-state index contributed by atoms with van der Waals surface area (Å²) in [5.74, 6) is 0.833. The van der Waals surface area contributed by atoms with E-state index in [0.717, 1.165) is 16.9 Å². The number of nitrogens with zero attached hydrogens (tertiary/aromatic N) is 3. The van der Waals surface area contributed by atoms with E-state index in [4.69, 9.17) is 0 Å². The lowest BCUT2D eigenvalue weighted by molar-refractivity contribution is -0.384. The van der Waals surface area contributed by atoms with Gasteiger partial charge in [-0.15, -0.1) is 0 Å². The molecule has 0 saturated heterocycles. The van der Waals surface area contributed by atoms with Crippen molar-refractivity contribution in [2.45, 2.75) is 13.5 Å². The second kappa shape index (κ2) is 4.90. The maximum atomic E-state index is 10.9. The Balaban J connectivity index is 2.08. The van der Waals surface area contributed by atoms with Gasteiger partial charge in [0, 0.05) is 17.7 Å². The number of nitro benzene ring substituents is 1. The van der Waals surface area contributed by atoms with Gasteiger partial charge in [0.1, 0.15) is 11.6 Å². The number of fused-ring (bicyclic) bond motifs is 1. The molecule has 1 aromatic heterocycles. The number of benzene rings is 2. The van der Waals surface area contributed by atoms with E-state index in [1.165, 1.54) is 18.2 Å². The maximum Gasteiger partial charge on any atom is 0.270 e. The standard InChI is InChI=1S/C15H13N3O3/c1-10-16-13-4-2-3-5-14(13)17(10)9-11-8-12(18(20)21)6-7-15(11)19/h2-8,19H,9H2,1H3. The van der Waals surface area contributed by atoms with Crippen LogP contribution in [0.25, 0.3) is 11.0 Å². The molecule has 6 heteroatoms. The van der Waals surface area contributed by atoms with E-state index in [9.17, 15) is 15.2 Å². The third-order valence-corrected chi connectivity index (χ3v) is 3.45. The average Bonchev–Trinajstić information content (AvgIpc) is 2.77. The second-order valence-electron chi connectivity index (χ2n) is 4.80. The number of non-ortho nitro benzene ring substituents is 1. The molecule has 21 heavy (non-hydrogen) atoms. The smallest absolute Gasteiger partial charge is 0.270 e. The van der Waals surface area contributed by atoms with Crippen LogP contribution in [-0.2, 0) is 6.54 Å². The van der Waals surface area contributed by atoms with Gasteiger partial charge in [-0.1, -0.05) is 12.1 Å². The van der Waals surface area contributed by atoms with Crippen molar-refractivity contribution >= 4 is 16.7 Å². The van der Waals surface area contributed by atoms with Crippen molar-refractivity contribution in [1.82, 2.24) is 9.55 Å².